The predicted octanol–water partition coefficient (Wildman–Crippen LogP) is 5.62. The van der Waals surface area contributed by atoms with E-state index in [2.05, 4.69) is 51.3 Å². The van der Waals surface area contributed by atoms with E-state index in [-0.39, 0.29) is 0 Å². The number of aromatic amines is 1. The number of nitrogens with zero attached hydrogens (tertiary/aromatic N) is 3. The van der Waals surface area contributed by atoms with E-state index >= 15 is 0 Å². The monoisotopic (exact) mass is 442 g/mol. The SMILES string of the molecule is COc1ccc(Cn2cc(-c3n[nH]c(=S)n3-c3ccc(OC)cc3)c3ccccc32)cc1. The fraction of sp³-hybridized carbons (Fsp3) is 0.120. The van der Waals surface area contributed by atoms with Crippen LogP contribution in [0.4, 0.5) is 0 Å². The van der Waals surface area contributed by atoms with Gasteiger partial charge in [0.1, 0.15) is 11.5 Å². The smallest absolute Gasteiger partial charge is 0.200 e. The summed E-state index contributed by atoms with van der Waals surface area (Å²) >= 11 is 5.57. The summed E-state index contributed by atoms with van der Waals surface area (Å²) in [5.74, 6) is 2.41. The molecule has 0 aliphatic rings. The molecule has 5 rings (SSSR count). The molecular weight excluding hydrogens is 420 g/mol. The molecule has 7 heteroatoms. The molecule has 160 valence electrons. The maximum atomic E-state index is 5.57. The molecule has 5 aromatic rings. The number of para-hydroxylation sites is 1. The minimum atomic E-state index is 0.539. The first kappa shape index (κ1) is 20.1. The van der Waals surface area contributed by atoms with Gasteiger partial charge in [0, 0.05) is 29.2 Å². The van der Waals surface area contributed by atoms with Crippen molar-refractivity contribution in [2.24, 2.45) is 0 Å². The third-order valence-electron chi connectivity index (χ3n) is 5.54. The zero-order chi connectivity index (χ0) is 22.1. The summed E-state index contributed by atoms with van der Waals surface area (Å²) in [5.41, 5.74) is 4.25. The van der Waals surface area contributed by atoms with Gasteiger partial charge >= 0.3 is 0 Å². The summed E-state index contributed by atoms with van der Waals surface area (Å²) in [6, 6.07) is 24.3. The van der Waals surface area contributed by atoms with E-state index < -0.39 is 0 Å². The van der Waals surface area contributed by atoms with Gasteiger partial charge in [-0.05, 0) is 60.2 Å². The van der Waals surface area contributed by atoms with Crippen molar-refractivity contribution >= 4 is 23.1 Å². The molecule has 2 aromatic heterocycles. The van der Waals surface area contributed by atoms with Crippen molar-refractivity contribution < 1.29 is 9.47 Å². The quantitative estimate of drug-likeness (QED) is 0.347. The Kier molecular flexibility index (Phi) is 5.25. The Hall–Kier alpha value is -3.84. The second-order valence-corrected chi connectivity index (χ2v) is 7.81. The van der Waals surface area contributed by atoms with Crippen LogP contribution in [0.5, 0.6) is 11.5 Å². The molecule has 0 bridgehead atoms. The number of benzene rings is 3. The molecule has 0 amide bonds. The van der Waals surface area contributed by atoms with Crippen LogP contribution < -0.4 is 9.47 Å². The van der Waals surface area contributed by atoms with Crippen LogP contribution in [0.3, 0.4) is 0 Å². The Bertz CT molecular complexity index is 1430. The Morgan fingerprint density at radius 1 is 0.875 bits per heavy atom. The highest BCUT2D eigenvalue weighted by Crippen LogP contribution is 2.32. The molecule has 0 spiro atoms. The second-order valence-electron chi connectivity index (χ2n) is 7.42. The summed E-state index contributed by atoms with van der Waals surface area (Å²) in [6.45, 7) is 0.734. The summed E-state index contributed by atoms with van der Waals surface area (Å²) in [4.78, 5) is 0. The molecular formula is C25H22N4O2S. The summed E-state index contributed by atoms with van der Waals surface area (Å²) in [7, 11) is 3.33. The van der Waals surface area contributed by atoms with Gasteiger partial charge in [-0.15, -0.1) is 0 Å². The van der Waals surface area contributed by atoms with Gasteiger partial charge in [-0.25, -0.2) is 0 Å². The zero-order valence-corrected chi connectivity index (χ0v) is 18.6. The molecule has 0 aliphatic carbocycles. The fourth-order valence-electron chi connectivity index (χ4n) is 3.93. The Labute approximate surface area is 190 Å². The minimum absolute atomic E-state index is 0.539. The molecule has 1 N–H and O–H groups in total. The van der Waals surface area contributed by atoms with Crippen LogP contribution >= 0.6 is 12.2 Å². The molecule has 32 heavy (non-hydrogen) atoms. The Morgan fingerprint density at radius 3 is 2.22 bits per heavy atom. The number of nitrogens with one attached hydrogen (secondary N) is 1. The van der Waals surface area contributed by atoms with Crippen LogP contribution in [0.2, 0.25) is 0 Å². The molecule has 0 unspecified atom stereocenters. The largest absolute Gasteiger partial charge is 0.497 e. The Balaban J connectivity index is 1.62. The summed E-state index contributed by atoms with van der Waals surface area (Å²) in [5, 5.41) is 8.66. The van der Waals surface area contributed by atoms with Crippen molar-refractivity contribution in [2.75, 3.05) is 14.2 Å². The fourth-order valence-corrected chi connectivity index (χ4v) is 4.17. The van der Waals surface area contributed by atoms with Gasteiger partial charge in [-0.3, -0.25) is 9.67 Å². The zero-order valence-electron chi connectivity index (χ0n) is 17.8. The average Bonchev–Trinajstić information content (AvgIpc) is 3.40. The van der Waals surface area contributed by atoms with Crippen molar-refractivity contribution in [3.05, 3.63) is 89.3 Å². The lowest BCUT2D eigenvalue weighted by atomic mass is 10.1. The van der Waals surface area contributed by atoms with Crippen LogP contribution in [0.1, 0.15) is 5.56 Å². The first-order chi connectivity index (χ1) is 15.7. The number of hydrogen-bond donors (Lipinski definition) is 1. The predicted molar refractivity (Wildman–Crippen MR) is 128 cm³/mol. The molecule has 0 radical (unpaired) electrons. The van der Waals surface area contributed by atoms with E-state index in [1.807, 2.05) is 47.0 Å². The molecule has 2 heterocycles. The lowest BCUT2D eigenvalue weighted by molar-refractivity contribution is 0.414. The highest BCUT2D eigenvalue weighted by Gasteiger charge is 2.17. The number of fused-ring (bicyclic) bond motifs is 1. The summed E-state index contributed by atoms with van der Waals surface area (Å²) in [6.07, 6.45) is 2.14. The van der Waals surface area contributed by atoms with Gasteiger partial charge < -0.3 is 14.0 Å². The van der Waals surface area contributed by atoms with E-state index in [0.29, 0.717) is 4.77 Å². The summed E-state index contributed by atoms with van der Waals surface area (Å²) < 4.78 is 15.3. The first-order valence-electron chi connectivity index (χ1n) is 10.2. The Morgan fingerprint density at radius 2 is 1.53 bits per heavy atom. The van der Waals surface area contributed by atoms with Gasteiger partial charge in [0.15, 0.2) is 10.6 Å². The second kappa shape index (κ2) is 8.36. The highest BCUT2D eigenvalue weighted by atomic mass is 32.1. The van der Waals surface area contributed by atoms with Gasteiger partial charge in [-0.2, -0.15) is 5.10 Å². The first-order valence-corrected chi connectivity index (χ1v) is 10.6. The highest BCUT2D eigenvalue weighted by molar-refractivity contribution is 7.71. The number of H-pyrrole nitrogens is 1. The minimum Gasteiger partial charge on any atom is -0.497 e. The molecule has 6 nitrogen and oxygen atoms in total. The molecule has 0 fully saturated rings. The van der Waals surface area contributed by atoms with Gasteiger partial charge in [0.05, 0.1) is 19.9 Å². The maximum Gasteiger partial charge on any atom is 0.200 e. The van der Waals surface area contributed by atoms with Crippen molar-refractivity contribution in [2.45, 2.75) is 6.54 Å². The molecule has 3 aromatic carbocycles. The van der Waals surface area contributed by atoms with E-state index in [0.717, 1.165) is 46.0 Å². The molecule has 0 atom stereocenters. The number of ether oxygens (including phenoxy) is 2. The third kappa shape index (κ3) is 3.56. The van der Waals surface area contributed by atoms with E-state index in [1.165, 1.54) is 5.56 Å². The maximum absolute atomic E-state index is 5.57. The normalized spacial score (nSPS) is 11.1. The van der Waals surface area contributed by atoms with E-state index in [4.69, 9.17) is 21.7 Å². The number of rotatable bonds is 6. The molecule has 0 saturated carbocycles. The van der Waals surface area contributed by atoms with Crippen LogP contribution in [0.15, 0.2) is 79.0 Å². The standard InChI is InChI=1S/C25H22N4O2S/c1-30-19-11-7-17(8-12-19)15-28-16-22(21-5-3-4-6-23(21)28)24-26-27-25(32)29(24)18-9-13-20(31-2)14-10-18/h3-14,16H,15H2,1-2H3,(H,27,32). The van der Waals surface area contributed by atoms with Crippen LogP contribution in [-0.2, 0) is 6.54 Å². The van der Waals surface area contributed by atoms with E-state index in [1.54, 1.807) is 14.2 Å². The number of hydrogen-bond acceptors (Lipinski definition) is 4. The van der Waals surface area contributed by atoms with Crippen LogP contribution in [0, 0.1) is 4.77 Å². The van der Waals surface area contributed by atoms with Crippen molar-refractivity contribution in [1.82, 2.24) is 19.3 Å². The molecule has 0 saturated heterocycles. The lowest BCUT2D eigenvalue weighted by Crippen LogP contribution is -1.99. The number of methoxy groups -OCH3 is 2. The van der Waals surface area contributed by atoms with Crippen molar-refractivity contribution in [3.63, 3.8) is 0 Å². The van der Waals surface area contributed by atoms with Gasteiger partial charge in [0.2, 0.25) is 0 Å². The average molecular weight is 443 g/mol. The van der Waals surface area contributed by atoms with Crippen molar-refractivity contribution in [1.29, 1.82) is 0 Å². The number of aromatic nitrogens is 4. The lowest BCUT2D eigenvalue weighted by Gasteiger charge is -2.07. The van der Waals surface area contributed by atoms with Crippen molar-refractivity contribution in [3.8, 4) is 28.6 Å². The van der Waals surface area contributed by atoms with Gasteiger partial charge in [0.25, 0.3) is 0 Å². The van der Waals surface area contributed by atoms with E-state index in [9.17, 15) is 0 Å². The van der Waals surface area contributed by atoms with Gasteiger partial charge in [-0.1, -0.05) is 30.3 Å². The topological polar surface area (TPSA) is 57.0 Å². The van der Waals surface area contributed by atoms with Crippen LogP contribution in [0.25, 0.3) is 28.0 Å². The van der Waals surface area contributed by atoms with Crippen LogP contribution in [-0.4, -0.2) is 33.6 Å². The third-order valence-corrected chi connectivity index (χ3v) is 5.82. The molecule has 0 aliphatic heterocycles.